The molecule has 132 valence electrons. The summed E-state index contributed by atoms with van der Waals surface area (Å²) in [4.78, 5) is 12.7. The van der Waals surface area contributed by atoms with Gasteiger partial charge in [-0.15, -0.1) is 11.8 Å². The molecule has 0 bridgehead atoms. The molecule has 0 amide bonds. The van der Waals surface area contributed by atoms with Crippen molar-refractivity contribution in [2.24, 2.45) is 5.41 Å². The highest BCUT2D eigenvalue weighted by atomic mass is 32.2. The average molecular weight is 383 g/mol. The van der Waals surface area contributed by atoms with Gasteiger partial charge in [-0.3, -0.25) is 4.79 Å². The predicted octanol–water partition coefficient (Wildman–Crippen LogP) is 5.43. The number of carbonyl (C=O) groups is 1. The average Bonchev–Trinajstić information content (AvgIpc) is 3.06. The Labute approximate surface area is 160 Å². The van der Waals surface area contributed by atoms with Crippen LogP contribution in [0, 0.1) is 16.7 Å². The van der Waals surface area contributed by atoms with E-state index in [2.05, 4.69) is 10.4 Å². The van der Waals surface area contributed by atoms with E-state index >= 15 is 0 Å². The first-order valence-corrected chi connectivity index (χ1v) is 9.74. The summed E-state index contributed by atoms with van der Waals surface area (Å²) in [5, 5.41) is 19.2. The van der Waals surface area contributed by atoms with E-state index in [9.17, 15) is 9.90 Å². The number of rotatable bonds is 4. The minimum Gasteiger partial charge on any atom is -0.480 e. The molecule has 6 heteroatoms. The van der Waals surface area contributed by atoms with Gasteiger partial charge in [-0.1, -0.05) is 39.0 Å². The first-order chi connectivity index (χ1) is 12.3. The van der Waals surface area contributed by atoms with Crippen molar-refractivity contribution in [3.05, 3.63) is 48.2 Å². The van der Waals surface area contributed by atoms with E-state index in [-0.39, 0.29) is 5.41 Å². The Hall–Kier alpha value is -2.36. The molecular weight excluding hydrogens is 364 g/mol. The molecule has 2 aromatic carbocycles. The van der Waals surface area contributed by atoms with Crippen LogP contribution in [0.15, 0.2) is 47.5 Å². The monoisotopic (exact) mass is 382 g/mol. The van der Waals surface area contributed by atoms with Gasteiger partial charge in [-0.25, -0.2) is 0 Å². The molecule has 1 unspecified atom stereocenters. The van der Waals surface area contributed by atoms with E-state index in [1.54, 1.807) is 12.1 Å². The van der Waals surface area contributed by atoms with Crippen LogP contribution < -0.4 is 0 Å². The zero-order valence-electron chi connectivity index (χ0n) is 14.7. The van der Waals surface area contributed by atoms with Gasteiger partial charge in [0.05, 0.1) is 16.3 Å². The third kappa shape index (κ3) is 3.59. The van der Waals surface area contributed by atoms with Crippen LogP contribution in [0.3, 0.4) is 0 Å². The predicted molar refractivity (Wildman–Crippen MR) is 107 cm³/mol. The van der Waals surface area contributed by atoms with Crippen LogP contribution in [0.2, 0.25) is 0 Å². The summed E-state index contributed by atoms with van der Waals surface area (Å²) in [6, 6.07) is 13.5. The molecule has 0 saturated carbocycles. The van der Waals surface area contributed by atoms with Gasteiger partial charge in [0, 0.05) is 22.0 Å². The highest BCUT2D eigenvalue weighted by Crippen LogP contribution is 2.44. The first kappa shape index (κ1) is 18.4. The molecule has 3 rings (SSSR count). The van der Waals surface area contributed by atoms with Crippen LogP contribution in [0.25, 0.3) is 21.2 Å². The van der Waals surface area contributed by atoms with Crippen molar-refractivity contribution in [3.8, 4) is 17.2 Å². The smallest absolute Gasteiger partial charge is 0.317 e. The molecule has 0 spiro atoms. The molecule has 1 heterocycles. The zero-order valence-corrected chi connectivity index (χ0v) is 16.3. The second-order valence-corrected chi connectivity index (χ2v) is 9.02. The molecule has 0 aliphatic rings. The fraction of sp³-hybridized carbons (Fsp3) is 0.250. The number of nitrogens with zero attached hydrogens (tertiary/aromatic N) is 2. The summed E-state index contributed by atoms with van der Waals surface area (Å²) in [5.41, 5.74) is 2.15. The number of nitriles is 1. The lowest BCUT2D eigenvalue weighted by Crippen LogP contribution is -2.31. The van der Waals surface area contributed by atoms with Crippen molar-refractivity contribution in [2.75, 3.05) is 0 Å². The Kier molecular flexibility index (Phi) is 5.03. The van der Waals surface area contributed by atoms with Crippen molar-refractivity contribution in [3.63, 3.8) is 0 Å². The number of carboxylic acids is 1. The summed E-state index contributed by atoms with van der Waals surface area (Å²) in [5.74, 6) is -0.822. The number of aliphatic carboxylic acids is 1. The maximum atomic E-state index is 11.8. The molecule has 0 aliphatic carbocycles. The van der Waals surface area contributed by atoms with E-state index in [4.69, 9.17) is 5.26 Å². The van der Waals surface area contributed by atoms with Gasteiger partial charge in [-0.05, 0) is 40.7 Å². The second kappa shape index (κ2) is 7.10. The number of benzene rings is 2. The molecule has 0 fully saturated rings. The minimum absolute atomic E-state index is 0.388. The number of carboxylic acid groups (broad SMARTS) is 1. The van der Waals surface area contributed by atoms with Crippen LogP contribution in [-0.2, 0) is 4.79 Å². The van der Waals surface area contributed by atoms with Gasteiger partial charge in [0.2, 0.25) is 0 Å². The van der Waals surface area contributed by atoms with Crippen molar-refractivity contribution in [1.82, 2.24) is 4.37 Å². The zero-order chi connectivity index (χ0) is 18.9. The minimum atomic E-state index is -0.822. The first-order valence-electron chi connectivity index (χ1n) is 8.08. The van der Waals surface area contributed by atoms with E-state index < -0.39 is 11.2 Å². The number of fused-ring (bicyclic) bond motifs is 1. The van der Waals surface area contributed by atoms with Gasteiger partial charge in [-0.2, -0.15) is 9.64 Å². The summed E-state index contributed by atoms with van der Waals surface area (Å²) in [7, 11) is 0. The van der Waals surface area contributed by atoms with Crippen LogP contribution in [0.4, 0.5) is 0 Å². The third-order valence-electron chi connectivity index (χ3n) is 4.04. The van der Waals surface area contributed by atoms with Gasteiger partial charge in [0.25, 0.3) is 0 Å². The Morgan fingerprint density at radius 1 is 1.23 bits per heavy atom. The van der Waals surface area contributed by atoms with Crippen LogP contribution in [0.1, 0.15) is 26.3 Å². The highest BCUT2D eigenvalue weighted by Gasteiger charge is 2.33. The normalized spacial score (nSPS) is 12.7. The van der Waals surface area contributed by atoms with Crippen LogP contribution in [-0.4, -0.2) is 20.7 Å². The molecule has 0 saturated heterocycles. The maximum absolute atomic E-state index is 11.8. The molecular formula is C20H18N2O2S2. The molecule has 0 aliphatic heterocycles. The summed E-state index contributed by atoms with van der Waals surface area (Å²) in [6.45, 7) is 5.81. The molecule has 1 atom stereocenters. The van der Waals surface area contributed by atoms with E-state index in [1.165, 1.54) is 23.3 Å². The Balaban J connectivity index is 2.16. The van der Waals surface area contributed by atoms with Crippen molar-refractivity contribution in [2.45, 2.75) is 30.9 Å². The molecule has 1 aromatic heterocycles. The maximum Gasteiger partial charge on any atom is 0.317 e. The van der Waals surface area contributed by atoms with E-state index in [1.807, 2.05) is 51.2 Å². The molecule has 26 heavy (non-hydrogen) atoms. The highest BCUT2D eigenvalue weighted by molar-refractivity contribution is 8.00. The van der Waals surface area contributed by atoms with Crippen molar-refractivity contribution >= 4 is 39.3 Å². The van der Waals surface area contributed by atoms with Crippen molar-refractivity contribution in [1.29, 1.82) is 5.26 Å². The number of thioether (sulfide) groups is 1. The summed E-state index contributed by atoms with van der Waals surface area (Å²) >= 11 is 2.77. The van der Waals surface area contributed by atoms with Gasteiger partial charge < -0.3 is 5.11 Å². The topological polar surface area (TPSA) is 74.0 Å². The summed E-state index contributed by atoms with van der Waals surface area (Å²) < 4.78 is 5.31. The quantitative estimate of drug-likeness (QED) is 0.609. The Bertz CT molecular complexity index is 995. The van der Waals surface area contributed by atoms with Crippen LogP contribution in [0.5, 0.6) is 0 Å². The molecule has 3 aromatic rings. The van der Waals surface area contributed by atoms with E-state index in [0.29, 0.717) is 5.56 Å². The largest absolute Gasteiger partial charge is 0.480 e. The number of aromatic nitrogens is 1. The lowest BCUT2D eigenvalue weighted by molar-refractivity contribution is -0.138. The Morgan fingerprint density at radius 3 is 2.50 bits per heavy atom. The molecule has 4 nitrogen and oxygen atoms in total. The molecule has 1 N–H and O–H groups in total. The summed E-state index contributed by atoms with van der Waals surface area (Å²) in [6.07, 6.45) is 1.82. The SMILES string of the molecule is CC(C)(C)C(Sc1ccc2cnsc2c1-c1ccc(C#N)cc1)C(=O)O. The van der Waals surface area contributed by atoms with Crippen LogP contribution >= 0.6 is 23.3 Å². The third-order valence-corrected chi connectivity index (χ3v) is 6.62. The lowest BCUT2D eigenvalue weighted by Gasteiger charge is -2.27. The van der Waals surface area contributed by atoms with Crippen molar-refractivity contribution < 1.29 is 9.90 Å². The lowest BCUT2D eigenvalue weighted by atomic mass is 9.92. The number of hydrogen-bond donors (Lipinski definition) is 1. The number of hydrogen-bond acceptors (Lipinski definition) is 5. The fourth-order valence-corrected chi connectivity index (χ4v) is 4.80. The van der Waals surface area contributed by atoms with Gasteiger partial charge in [0.15, 0.2) is 0 Å². The fourth-order valence-electron chi connectivity index (χ4n) is 2.72. The van der Waals surface area contributed by atoms with Gasteiger partial charge >= 0.3 is 5.97 Å². The Morgan fingerprint density at radius 2 is 1.92 bits per heavy atom. The standard InChI is InChI=1S/C20H18N2O2S2/c1-20(2,3)18(19(23)24)25-15-9-8-14-11-22-26-17(14)16(15)13-6-4-12(10-21)5-7-13/h4-9,11,18H,1-3H3,(H,23,24). The second-order valence-electron chi connectivity index (χ2n) is 7.07. The van der Waals surface area contributed by atoms with Gasteiger partial charge in [0.1, 0.15) is 5.25 Å². The van der Waals surface area contributed by atoms with E-state index in [0.717, 1.165) is 26.1 Å². The molecule has 0 radical (unpaired) electrons.